The predicted octanol–water partition coefficient (Wildman–Crippen LogP) is 2.46. The smallest absolute Gasteiger partial charge is 0.428 e. The summed E-state index contributed by atoms with van der Waals surface area (Å²) in [6, 6.07) is 10.0. The Morgan fingerprint density at radius 2 is 2.12 bits per heavy atom. The molecule has 0 bridgehead atoms. The monoisotopic (exact) mass is 222 g/mol. The summed E-state index contributed by atoms with van der Waals surface area (Å²) in [6.45, 7) is 3.83. The van der Waals surface area contributed by atoms with Gasteiger partial charge in [0.25, 0.3) is 0 Å². The van der Waals surface area contributed by atoms with Crippen LogP contribution in [-0.4, -0.2) is 26.2 Å². The Morgan fingerprint density at radius 1 is 1.44 bits per heavy atom. The van der Waals surface area contributed by atoms with Crippen LogP contribution in [0.3, 0.4) is 0 Å². The minimum Gasteiger partial charge on any atom is -0.428 e. The summed E-state index contributed by atoms with van der Waals surface area (Å²) in [5.41, 5.74) is 1.17. The summed E-state index contributed by atoms with van der Waals surface area (Å²) in [7, 11) is 1.45. The van der Waals surface area contributed by atoms with Crippen molar-refractivity contribution < 1.29 is 19.0 Å². The summed E-state index contributed by atoms with van der Waals surface area (Å²) in [5.74, 6) is 0. The fraction of sp³-hybridized carbons (Fsp3) is 0.250. The van der Waals surface area contributed by atoms with Crippen molar-refractivity contribution in [2.24, 2.45) is 0 Å². The van der Waals surface area contributed by atoms with Crippen LogP contribution in [0.25, 0.3) is 6.08 Å². The molecule has 2 rings (SSSR count). The van der Waals surface area contributed by atoms with Crippen molar-refractivity contribution in [3.8, 4) is 0 Å². The topological polar surface area (TPSA) is 44.8 Å². The van der Waals surface area contributed by atoms with Gasteiger partial charge in [-0.2, -0.15) is 0 Å². The Labute approximate surface area is 94.4 Å². The fourth-order valence-electron chi connectivity index (χ4n) is 1.02. The lowest BCUT2D eigenvalue weighted by atomic mass is 10.2. The summed E-state index contributed by atoms with van der Waals surface area (Å²) in [6.07, 6.45) is 0.680. The van der Waals surface area contributed by atoms with Gasteiger partial charge in [-0.05, 0) is 5.56 Å². The Morgan fingerprint density at radius 3 is 2.44 bits per heavy atom. The molecule has 1 fully saturated rings. The standard InChI is InChI=1S/C8H8.C4H6O4/c1-2-8-6-4-3-5-7-8;1-6-3-2-7-4(5)8-3/h2-7H,1H2;3H,2H2,1H3. The van der Waals surface area contributed by atoms with Crippen LogP contribution in [0.1, 0.15) is 5.56 Å². The van der Waals surface area contributed by atoms with Gasteiger partial charge in [-0.3, -0.25) is 0 Å². The number of rotatable bonds is 2. The molecule has 4 heteroatoms. The van der Waals surface area contributed by atoms with Crippen LogP contribution in [0.15, 0.2) is 36.9 Å². The van der Waals surface area contributed by atoms with Gasteiger partial charge in [0, 0.05) is 7.11 Å². The van der Waals surface area contributed by atoms with Gasteiger partial charge in [0.1, 0.15) is 0 Å². The van der Waals surface area contributed by atoms with Gasteiger partial charge in [-0.15, -0.1) is 0 Å². The lowest BCUT2D eigenvalue weighted by Crippen LogP contribution is -2.11. The van der Waals surface area contributed by atoms with Gasteiger partial charge in [0.05, 0.1) is 0 Å². The van der Waals surface area contributed by atoms with E-state index in [9.17, 15) is 4.79 Å². The van der Waals surface area contributed by atoms with Crippen LogP contribution in [-0.2, 0) is 14.2 Å². The van der Waals surface area contributed by atoms with Gasteiger partial charge in [0.2, 0.25) is 6.29 Å². The normalized spacial score (nSPS) is 17.8. The molecular weight excluding hydrogens is 208 g/mol. The van der Waals surface area contributed by atoms with E-state index in [-0.39, 0.29) is 6.61 Å². The van der Waals surface area contributed by atoms with Gasteiger partial charge < -0.3 is 14.2 Å². The van der Waals surface area contributed by atoms with E-state index in [1.807, 2.05) is 36.4 Å². The molecule has 1 heterocycles. The van der Waals surface area contributed by atoms with E-state index < -0.39 is 12.4 Å². The lowest BCUT2D eigenvalue weighted by molar-refractivity contribution is -0.0506. The number of carbonyl (C=O) groups excluding carboxylic acids is 1. The Bertz CT molecular complexity index is 334. The van der Waals surface area contributed by atoms with Crippen molar-refractivity contribution in [3.63, 3.8) is 0 Å². The van der Waals surface area contributed by atoms with Crippen LogP contribution < -0.4 is 0 Å². The highest BCUT2D eigenvalue weighted by atomic mass is 16.8. The van der Waals surface area contributed by atoms with Crippen molar-refractivity contribution in [3.05, 3.63) is 42.5 Å². The van der Waals surface area contributed by atoms with E-state index in [4.69, 9.17) is 0 Å². The highest BCUT2D eigenvalue weighted by molar-refractivity contribution is 5.61. The number of carbonyl (C=O) groups is 1. The average molecular weight is 222 g/mol. The second-order valence-corrected chi connectivity index (χ2v) is 2.96. The van der Waals surface area contributed by atoms with Crippen molar-refractivity contribution in [1.29, 1.82) is 0 Å². The predicted molar refractivity (Wildman–Crippen MR) is 59.8 cm³/mol. The van der Waals surface area contributed by atoms with Gasteiger partial charge in [-0.1, -0.05) is 43.0 Å². The lowest BCUT2D eigenvalue weighted by Gasteiger charge is -1.99. The third-order valence-electron chi connectivity index (χ3n) is 1.86. The molecule has 0 N–H and O–H groups in total. The summed E-state index contributed by atoms with van der Waals surface area (Å²) < 4.78 is 13.4. The number of hydrogen-bond acceptors (Lipinski definition) is 4. The first-order valence-electron chi connectivity index (χ1n) is 4.80. The zero-order valence-corrected chi connectivity index (χ0v) is 9.09. The molecule has 0 spiro atoms. The molecular formula is C12H14O4. The zero-order chi connectivity index (χ0) is 11.8. The Balaban J connectivity index is 0.000000160. The molecule has 0 amide bonds. The second-order valence-electron chi connectivity index (χ2n) is 2.96. The van der Waals surface area contributed by atoms with Crippen LogP contribution in [0.4, 0.5) is 4.79 Å². The van der Waals surface area contributed by atoms with Crippen LogP contribution in [0.5, 0.6) is 0 Å². The summed E-state index contributed by atoms with van der Waals surface area (Å²) in [5, 5.41) is 0. The number of benzene rings is 1. The molecule has 1 aromatic rings. The first-order chi connectivity index (χ1) is 7.76. The molecule has 1 atom stereocenters. The molecule has 0 saturated carbocycles. The minimum absolute atomic E-state index is 0.204. The second kappa shape index (κ2) is 6.63. The first kappa shape index (κ1) is 12.3. The summed E-state index contributed by atoms with van der Waals surface area (Å²) in [4.78, 5) is 10.1. The largest absolute Gasteiger partial charge is 0.510 e. The quantitative estimate of drug-likeness (QED) is 0.721. The minimum atomic E-state index is -0.656. The van der Waals surface area contributed by atoms with Crippen molar-refractivity contribution in [1.82, 2.24) is 0 Å². The maximum absolute atomic E-state index is 10.1. The van der Waals surface area contributed by atoms with Gasteiger partial charge >= 0.3 is 6.16 Å². The molecule has 0 aromatic heterocycles. The SMILES string of the molecule is C=Cc1ccccc1.COC1COC(=O)O1. The van der Waals surface area contributed by atoms with Crippen molar-refractivity contribution in [2.45, 2.75) is 6.29 Å². The molecule has 16 heavy (non-hydrogen) atoms. The fourth-order valence-corrected chi connectivity index (χ4v) is 1.02. The highest BCUT2D eigenvalue weighted by Gasteiger charge is 2.23. The molecule has 0 aliphatic carbocycles. The highest BCUT2D eigenvalue weighted by Crippen LogP contribution is 2.04. The maximum atomic E-state index is 10.1. The molecule has 4 nitrogen and oxygen atoms in total. The van der Waals surface area contributed by atoms with E-state index in [1.54, 1.807) is 0 Å². The van der Waals surface area contributed by atoms with E-state index in [0.717, 1.165) is 0 Å². The molecule has 1 aliphatic heterocycles. The summed E-state index contributed by atoms with van der Waals surface area (Å²) >= 11 is 0. The number of ether oxygens (including phenoxy) is 3. The zero-order valence-electron chi connectivity index (χ0n) is 9.09. The number of cyclic esters (lactones) is 2. The maximum Gasteiger partial charge on any atom is 0.510 e. The van der Waals surface area contributed by atoms with Crippen LogP contribution >= 0.6 is 0 Å². The van der Waals surface area contributed by atoms with E-state index in [0.29, 0.717) is 0 Å². The van der Waals surface area contributed by atoms with Crippen LogP contribution in [0.2, 0.25) is 0 Å². The van der Waals surface area contributed by atoms with Crippen molar-refractivity contribution in [2.75, 3.05) is 13.7 Å². The van der Waals surface area contributed by atoms with E-state index >= 15 is 0 Å². The molecule has 1 unspecified atom stereocenters. The van der Waals surface area contributed by atoms with E-state index in [1.165, 1.54) is 12.7 Å². The third kappa shape index (κ3) is 4.14. The molecule has 1 aromatic carbocycles. The van der Waals surface area contributed by atoms with Gasteiger partial charge in [0.15, 0.2) is 6.61 Å². The van der Waals surface area contributed by atoms with E-state index in [2.05, 4.69) is 20.8 Å². The average Bonchev–Trinajstić information content (AvgIpc) is 2.77. The number of hydrogen-bond donors (Lipinski definition) is 0. The Kier molecular flexibility index (Phi) is 5.08. The van der Waals surface area contributed by atoms with Gasteiger partial charge in [-0.25, -0.2) is 4.79 Å². The van der Waals surface area contributed by atoms with Crippen LogP contribution in [0, 0.1) is 0 Å². The first-order valence-corrected chi connectivity index (χ1v) is 4.80. The molecule has 1 saturated heterocycles. The van der Waals surface area contributed by atoms with Crippen molar-refractivity contribution >= 4 is 12.2 Å². The third-order valence-corrected chi connectivity index (χ3v) is 1.86. The Hall–Kier alpha value is -1.81. The molecule has 86 valence electrons. The molecule has 0 radical (unpaired) electrons. The molecule has 1 aliphatic rings. The number of methoxy groups -OCH3 is 1.